The van der Waals surface area contributed by atoms with Crippen LogP contribution < -0.4 is 11.1 Å². The van der Waals surface area contributed by atoms with Gasteiger partial charge in [0.05, 0.1) is 33.6 Å². The lowest BCUT2D eigenvalue weighted by Crippen LogP contribution is -2.18. The zero-order valence-electron chi connectivity index (χ0n) is 27.6. The van der Waals surface area contributed by atoms with E-state index >= 15 is 4.39 Å². The number of fused-ring (bicyclic) bond motifs is 6. The van der Waals surface area contributed by atoms with Crippen LogP contribution in [0.3, 0.4) is 0 Å². The Morgan fingerprint density at radius 2 is 1.43 bits per heavy atom. The van der Waals surface area contributed by atoms with Crippen LogP contribution >= 0.6 is 0 Å². The number of nitrogens with two attached hydrogens (primary N) is 1. The SMILES string of the molecule is CCc1cccc2c1c1c(C)cccc1n2-c1cc(N)c(-c2ccc(C)cc2F)cc1-n1c2c(c3c(C)cccc31)C(NC)CC=C2. The van der Waals surface area contributed by atoms with Crippen LogP contribution in [-0.4, -0.2) is 16.2 Å². The Labute approximate surface area is 274 Å². The fraction of sp³-hybridized carbons (Fsp3) is 0.190. The monoisotopic (exact) mass is 618 g/mol. The predicted octanol–water partition coefficient (Wildman–Crippen LogP) is 10.3. The van der Waals surface area contributed by atoms with E-state index in [9.17, 15) is 0 Å². The Bertz CT molecular complexity index is 2420. The highest BCUT2D eigenvalue weighted by molar-refractivity contribution is 6.13. The number of hydrogen-bond acceptors (Lipinski definition) is 2. The van der Waals surface area contributed by atoms with Crippen LogP contribution in [0, 0.1) is 26.6 Å². The van der Waals surface area contributed by atoms with Gasteiger partial charge >= 0.3 is 0 Å². The Kier molecular flexibility index (Phi) is 6.85. The van der Waals surface area contributed by atoms with Crippen LogP contribution in [0.4, 0.5) is 10.1 Å². The number of aryl methyl sites for hydroxylation is 4. The molecule has 5 aromatic carbocycles. The molecule has 7 aromatic rings. The quantitative estimate of drug-likeness (QED) is 0.189. The molecule has 0 saturated carbocycles. The maximum Gasteiger partial charge on any atom is 0.131 e. The fourth-order valence-electron chi connectivity index (χ4n) is 7.97. The third-order valence-corrected chi connectivity index (χ3v) is 10.2. The lowest BCUT2D eigenvalue weighted by molar-refractivity contribution is 0.600. The summed E-state index contributed by atoms with van der Waals surface area (Å²) in [6, 6.07) is 29.4. The normalized spacial score (nSPS) is 14.5. The molecule has 234 valence electrons. The van der Waals surface area contributed by atoms with Crippen molar-refractivity contribution < 1.29 is 4.39 Å². The van der Waals surface area contributed by atoms with Gasteiger partial charge in [0.1, 0.15) is 5.82 Å². The summed E-state index contributed by atoms with van der Waals surface area (Å²) >= 11 is 0. The maximum absolute atomic E-state index is 15.7. The number of anilines is 1. The number of aromatic nitrogens is 2. The number of nitrogen functional groups attached to an aromatic ring is 1. The molecule has 1 atom stereocenters. The minimum Gasteiger partial charge on any atom is -0.398 e. The lowest BCUT2D eigenvalue weighted by Gasteiger charge is -2.23. The molecule has 1 unspecified atom stereocenters. The number of benzene rings is 5. The van der Waals surface area contributed by atoms with E-state index in [0.717, 1.165) is 52.0 Å². The molecule has 0 bridgehead atoms. The van der Waals surface area contributed by atoms with E-state index in [4.69, 9.17) is 5.73 Å². The molecule has 4 nitrogen and oxygen atoms in total. The molecule has 1 aliphatic rings. The molecule has 1 aliphatic carbocycles. The summed E-state index contributed by atoms with van der Waals surface area (Å²) in [6.45, 7) is 8.51. The molecular formula is C42H39FN4. The Hall–Kier alpha value is -5.13. The second kappa shape index (κ2) is 11.0. The van der Waals surface area contributed by atoms with Crippen LogP contribution in [0.2, 0.25) is 0 Å². The number of halogens is 1. The topological polar surface area (TPSA) is 47.9 Å². The van der Waals surface area contributed by atoms with E-state index in [1.54, 1.807) is 6.07 Å². The van der Waals surface area contributed by atoms with E-state index in [2.05, 4.69) is 114 Å². The van der Waals surface area contributed by atoms with Crippen molar-refractivity contribution in [1.82, 2.24) is 14.5 Å². The van der Waals surface area contributed by atoms with Gasteiger partial charge in [-0.1, -0.05) is 61.5 Å². The Morgan fingerprint density at radius 1 is 0.766 bits per heavy atom. The molecule has 47 heavy (non-hydrogen) atoms. The average molecular weight is 619 g/mol. The van der Waals surface area contributed by atoms with E-state index in [1.807, 2.05) is 26.1 Å². The van der Waals surface area contributed by atoms with Crippen molar-refractivity contribution >= 4 is 44.5 Å². The predicted molar refractivity (Wildman–Crippen MR) is 196 cm³/mol. The molecule has 0 saturated heterocycles. The van der Waals surface area contributed by atoms with Crippen LogP contribution in [0.25, 0.3) is 61.3 Å². The number of hydrogen-bond donors (Lipinski definition) is 2. The molecule has 0 fully saturated rings. The minimum absolute atomic E-state index is 0.175. The van der Waals surface area contributed by atoms with Gasteiger partial charge in [-0.2, -0.15) is 0 Å². The highest BCUT2D eigenvalue weighted by atomic mass is 19.1. The van der Waals surface area contributed by atoms with Crippen molar-refractivity contribution in [3.63, 3.8) is 0 Å². The molecule has 0 aliphatic heterocycles. The molecule has 3 N–H and O–H groups in total. The van der Waals surface area contributed by atoms with Gasteiger partial charge in [-0.25, -0.2) is 4.39 Å². The van der Waals surface area contributed by atoms with Crippen LogP contribution in [0.15, 0.2) is 91.0 Å². The summed E-state index contributed by atoms with van der Waals surface area (Å²) < 4.78 is 20.4. The molecule has 2 heterocycles. The zero-order valence-corrected chi connectivity index (χ0v) is 27.6. The highest BCUT2D eigenvalue weighted by Crippen LogP contribution is 2.45. The maximum atomic E-state index is 15.7. The van der Waals surface area contributed by atoms with Crippen molar-refractivity contribution in [3.8, 4) is 22.5 Å². The van der Waals surface area contributed by atoms with Crippen molar-refractivity contribution in [1.29, 1.82) is 0 Å². The van der Waals surface area contributed by atoms with Crippen LogP contribution in [0.5, 0.6) is 0 Å². The van der Waals surface area contributed by atoms with Gasteiger partial charge in [-0.3, -0.25) is 0 Å². The first-order chi connectivity index (χ1) is 22.8. The average Bonchev–Trinajstić information content (AvgIpc) is 3.59. The van der Waals surface area contributed by atoms with Gasteiger partial charge in [0.25, 0.3) is 0 Å². The summed E-state index contributed by atoms with van der Waals surface area (Å²) in [7, 11) is 2.04. The van der Waals surface area contributed by atoms with Crippen LogP contribution in [0.1, 0.15) is 52.9 Å². The van der Waals surface area contributed by atoms with Crippen LogP contribution in [-0.2, 0) is 6.42 Å². The van der Waals surface area contributed by atoms with E-state index in [0.29, 0.717) is 16.8 Å². The molecule has 0 amide bonds. The van der Waals surface area contributed by atoms with Gasteiger partial charge in [0.15, 0.2) is 0 Å². The van der Waals surface area contributed by atoms with E-state index in [1.165, 1.54) is 38.4 Å². The summed E-state index contributed by atoms with van der Waals surface area (Å²) in [5.74, 6) is -0.277. The lowest BCUT2D eigenvalue weighted by atomic mass is 9.94. The zero-order chi connectivity index (χ0) is 32.6. The largest absolute Gasteiger partial charge is 0.398 e. The van der Waals surface area contributed by atoms with Gasteiger partial charge < -0.3 is 20.2 Å². The third kappa shape index (κ3) is 4.30. The smallest absolute Gasteiger partial charge is 0.131 e. The van der Waals surface area contributed by atoms with E-state index in [-0.39, 0.29) is 11.9 Å². The third-order valence-electron chi connectivity index (χ3n) is 10.2. The molecular weight excluding hydrogens is 579 g/mol. The summed E-state index contributed by atoms with van der Waals surface area (Å²) in [4.78, 5) is 0. The standard InChI is InChI=1S/C42H39FN4/c1-6-27-13-9-17-35-41(27)39-25(3)11-7-15-33(39)46(35)38-23-31(44)29(28-20-19-24(2)21-30(28)43)22-37(38)47-34-16-8-12-26(4)40(34)42-32(45-5)14-10-18-36(42)47/h7-13,15-23,32,45H,6,14,44H2,1-5H3. The molecule has 5 heteroatoms. The molecule has 2 aromatic heterocycles. The number of nitrogens with one attached hydrogen (secondary N) is 1. The molecule has 0 radical (unpaired) electrons. The second-order valence-corrected chi connectivity index (χ2v) is 13.0. The first kappa shape index (κ1) is 29.3. The fourth-order valence-corrected chi connectivity index (χ4v) is 7.97. The number of rotatable bonds is 5. The van der Waals surface area contributed by atoms with Gasteiger partial charge in [0, 0.05) is 44.6 Å². The van der Waals surface area contributed by atoms with Gasteiger partial charge in [-0.05, 0) is 105 Å². The Morgan fingerprint density at radius 3 is 2.13 bits per heavy atom. The minimum atomic E-state index is -0.277. The summed E-state index contributed by atoms with van der Waals surface area (Å²) in [5, 5.41) is 7.35. The van der Waals surface area contributed by atoms with Crippen molar-refractivity contribution in [2.24, 2.45) is 0 Å². The summed E-state index contributed by atoms with van der Waals surface area (Å²) in [5.41, 5.74) is 21.0. The highest BCUT2D eigenvalue weighted by Gasteiger charge is 2.28. The Balaban J connectivity index is 1.58. The molecule has 0 spiro atoms. The second-order valence-electron chi connectivity index (χ2n) is 13.0. The van der Waals surface area contributed by atoms with Gasteiger partial charge in [-0.15, -0.1) is 0 Å². The number of nitrogens with zero attached hydrogens (tertiary/aromatic N) is 2. The van der Waals surface area contributed by atoms with Gasteiger partial charge in [0.2, 0.25) is 0 Å². The first-order valence-corrected chi connectivity index (χ1v) is 16.5. The van der Waals surface area contributed by atoms with Crippen molar-refractivity contribution in [3.05, 3.63) is 130 Å². The molecule has 8 rings (SSSR count). The van der Waals surface area contributed by atoms with Crippen molar-refractivity contribution in [2.45, 2.75) is 46.6 Å². The summed E-state index contributed by atoms with van der Waals surface area (Å²) in [6.07, 6.45) is 6.34. The van der Waals surface area contributed by atoms with E-state index < -0.39 is 0 Å². The van der Waals surface area contributed by atoms with Crippen molar-refractivity contribution in [2.75, 3.05) is 12.8 Å². The first-order valence-electron chi connectivity index (χ1n) is 16.5.